The van der Waals surface area contributed by atoms with Gasteiger partial charge in [0.1, 0.15) is 0 Å². The van der Waals surface area contributed by atoms with Crippen LogP contribution in [-0.4, -0.2) is 37.1 Å². The number of nitrogens with one attached hydrogen (secondary N) is 1. The van der Waals surface area contributed by atoms with Gasteiger partial charge in [0.2, 0.25) is 0 Å². The molecular formula is C13H28N2. The van der Waals surface area contributed by atoms with Crippen LogP contribution in [0, 0.1) is 5.92 Å². The lowest BCUT2D eigenvalue weighted by Gasteiger charge is -2.36. The molecule has 15 heavy (non-hydrogen) atoms. The first-order chi connectivity index (χ1) is 7.27. The van der Waals surface area contributed by atoms with E-state index in [-0.39, 0.29) is 0 Å². The van der Waals surface area contributed by atoms with E-state index < -0.39 is 0 Å². The van der Waals surface area contributed by atoms with Crippen LogP contribution >= 0.6 is 0 Å². The summed E-state index contributed by atoms with van der Waals surface area (Å²) < 4.78 is 0. The van der Waals surface area contributed by atoms with Gasteiger partial charge in [-0.25, -0.2) is 0 Å². The molecule has 2 atom stereocenters. The molecule has 0 bridgehead atoms. The number of hydrogen-bond donors (Lipinski definition) is 1. The first kappa shape index (κ1) is 13.0. The fourth-order valence-electron chi connectivity index (χ4n) is 2.56. The molecule has 0 aliphatic carbocycles. The summed E-state index contributed by atoms with van der Waals surface area (Å²) in [4.78, 5) is 2.64. The molecule has 1 fully saturated rings. The van der Waals surface area contributed by atoms with Crippen LogP contribution in [-0.2, 0) is 0 Å². The van der Waals surface area contributed by atoms with Gasteiger partial charge in [-0.15, -0.1) is 0 Å². The Balaban J connectivity index is 2.27. The van der Waals surface area contributed by atoms with Gasteiger partial charge in [0, 0.05) is 12.6 Å². The standard InChI is InChI=1S/C13H28N2/c1-4-8-14-12(3)13-7-6-10-15(11-13)9-5-2/h12-14H,4-11H2,1-3H3. The van der Waals surface area contributed by atoms with Gasteiger partial charge in [-0.3, -0.25) is 0 Å². The van der Waals surface area contributed by atoms with Crippen molar-refractivity contribution in [2.45, 2.75) is 52.5 Å². The van der Waals surface area contributed by atoms with Gasteiger partial charge in [0.15, 0.2) is 0 Å². The molecule has 0 spiro atoms. The first-order valence-electron chi connectivity index (χ1n) is 6.73. The number of likely N-dealkylation sites (tertiary alicyclic amines) is 1. The molecule has 1 aliphatic heterocycles. The van der Waals surface area contributed by atoms with Crippen molar-refractivity contribution in [3.05, 3.63) is 0 Å². The van der Waals surface area contributed by atoms with Crippen molar-refractivity contribution in [3.8, 4) is 0 Å². The van der Waals surface area contributed by atoms with E-state index in [4.69, 9.17) is 0 Å². The van der Waals surface area contributed by atoms with E-state index in [0.717, 1.165) is 5.92 Å². The smallest absolute Gasteiger partial charge is 0.00792 e. The van der Waals surface area contributed by atoms with E-state index in [2.05, 4.69) is 31.0 Å². The Morgan fingerprint density at radius 3 is 2.80 bits per heavy atom. The molecule has 1 N–H and O–H groups in total. The molecule has 1 rings (SSSR count). The van der Waals surface area contributed by atoms with Crippen LogP contribution < -0.4 is 5.32 Å². The molecule has 0 aromatic carbocycles. The third-order valence-corrected chi connectivity index (χ3v) is 3.51. The second-order valence-electron chi connectivity index (χ2n) is 4.95. The minimum atomic E-state index is 0.699. The summed E-state index contributed by atoms with van der Waals surface area (Å²) in [6.45, 7) is 12.0. The lowest BCUT2D eigenvalue weighted by molar-refractivity contribution is 0.151. The van der Waals surface area contributed by atoms with E-state index in [0.29, 0.717) is 6.04 Å². The molecule has 1 aliphatic rings. The first-order valence-corrected chi connectivity index (χ1v) is 6.73. The molecule has 0 amide bonds. The van der Waals surface area contributed by atoms with E-state index in [1.807, 2.05) is 0 Å². The van der Waals surface area contributed by atoms with Crippen molar-refractivity contribution >= 4 is 0 Å². The Hall–Kier alpha value is -0.0800. The van der Waals surface area contributed by atoms with Crippen molar-refractivity contribution in [1.82, 2.24) is 10.2 Å². The lowest BCUT2D eigenvalue weighted by atomic mass is 9.91. The van der Waals surface area contributed by atoms with Crippen molar-refractivity contribution in [2.75, 3.05) is 26.2 Å². The zero-order chi connectivity index (χ0) is 11.1. The zero-order valence-corrected chi connectivity index (χ0v) is 10.8. The summed E-state index contributed by atoms with van der Waals surface area (Å²) in [7, 11) is 0. The van der Waals surface area contributed by atoms with Crippen molar-refractivity contribution in [3.63, 3.8) is 0 Å². The van der Waals surface area contributed by atoms with Gasteiger partial charge in [-0.2, -0.15) is 0 Å². The van der Waals surface area contributed by atoms with Crippen molar-refractivity contribution < 1.29 is 0 Å². The summed E-state index contributed by atoms with van der Waals surface area (Å²) in [5.74, 6) is 0.872. The Morgan fingerprint density at radius 2 is 2.13 bits per heavy atom. The molecule has 2 nitrogen and oxygen atoms in total. The number of hydrogen-bond acceptors (Lipinski definition) is 2. The fraction of sp³-hybridized carbons (Fsp3) is 1.00. The molecule has 0 saturated carbocycles. The monoisotopic (exact) mass is 212 g/mol. The average molecular weight is 212 g/mol. The van der Waals surface area contributed by atoms with Gasteiger partial charge in [0.05, 0.1) is 0 Å². The molecular weight excluding hydrogens is 184 g/mol. The largest absolute Gasteiger partial charge is 0.314 e. The molecule has 90 valence electrons. The highest BCUT2D eigenvalue weighted by Gasteiger charge is 2.23. The average Bonchev–Trinajstić information content (AvgIpc) is 2.27. The maximum Gasteiger partial charge on any atom is 0.00792 e. The van der Waals surface area contributed by atoms with Gasteiger partial charge in [-0.05, 0) is 58.2 Å². The third-order valence-electron chi connectivity index (χ3n) is 3.51. The summed E-state index contributed by atoms with van der Waals surface area (Å²) in [6.07, 6.45) is 5.35. The molecule has 2 heteroatoms. The zero-order valence-electron chi connectivity index (χ0n) is 10.8. The summed E-state index contributed by atoms with van der Waals surface area (Å²) in [5, 5.41) is 3.64. The highest BCUT2D eigenvalue weighted by atomic mass is 15.1. The third kappa shape index (κ3) is 4.52. The van der Waals surface area contributed by atoms with Crippen molar-refractivity contribution in [2.24, 2.45) is 5.92 Å². The minimum absolute atomic E-state index is 0.699. The van der Waals surface area contributed by atoms with Crippen LogP contribution in [0.4, 0.5) is 0 Å². The van der Waals surface area contributed by atoms with Crippen LogP contribution in [0.15, 0.2) is 0 Å². The van der Waals surface area contributed by atoms with Crippen LogP contribution in [0.2, 0.25) is 0 Å². The maximum absolute atomic E-state index is 3.64. The van der Waals surface area contributed by atoms with E-state index in [1.54, 1.807) is 0 Å². The summed E-state index contributed by atoms with van der Waals surface area (Å²) >= 11 is 0. The quantitative estimate of drug-likeness (QED) is 0.728. The summed E-state index contributed by atoms with van der Waals surface area (Å²) in [5.41, 5.74) is 0. The second kappa shape index (κ2) is 7.24. The van der Waals surface area contributed by atoms with E-state index in [9.17, 15) is 0 Å². The summed E-state index contributed by atoms with van der Waals surface area (Å²) in [6, 6.07) is 0.699. The number of piperidine rings is 1. The SMILES string of the molecule is CCCNC(C)C1CCCN(CCC)C1. The van der Waals surface area contributed by atoms with Crippen LogP contribution in [0.5, 0.6) is 0 Å². The Kier molecular flexibility index (Phi) is 6.26. The Morgan fingerprint density at radius 1 is 1.33 bits per heavy atom. The Labute approximate surface area is 95.4 Å². The minimum Gasteiger partial charge on any atom is -0.314 e. The Bertz CT molecular complexity index is 157. The normalized spacial score (nSPS) is 25.4. The van der Waals surface area contributed by atoms with Crippen LogP contribution in [0.1, 0.15) is 46.5 Å². The molecule has 0 aromatic heterocycles. The fourth-order valence-corrected chi connectivity index (χ4v) is 2.56. The van der Waals surface area contributed by atoms with Crippen LogP contribution in [0.3, 0.4) is 0 Å². The molecule has 0 aromatic rings. The predicted molar refractivity (Wildman–Crippen MR) is 67.2 cm³/mol. The molecule has 1 saturated heterocycles. The van der Waals surface area contributed by atoms with Gasteiger partial charge in [0.25, 0.3) is 0 Å². The van der Waals surface area contributed by atoms with Gasteiger partial charge < -0.3 is 10.2 Å². The maximum atomic E-state index is 3.64. The topological polar surface area (TPSA) is 15.3 Å². The van der Waals surface area contributed by atoms with Crippen molar-refractivity contribution in [1.29, 1.82) is 0 Å². The molecule has 2 unspecified atom stereocenters. The lowest BCUT2D eigenvalue weighted by Crippen LogP contribution is -2.44. The molecule has 0 radical (unpaired) electrons. The highest BCUT2D eigenvalue weighted by Crippen LogP contribution is 2.19. The van der Waals surface area contributed by atoms with E-state index >= 15 is 0 Å². The number of nitrogens with zero attached hydrogens (tertiary/aromatic N) is 1. The van der Waals surface area contributed by atoms with Gasteiger partial charge >= 0.3 is 0 Å². The van der Waals surface area contributed by atoms with Crippen LogP contribution in [0.25, 0.3) is 0 Å². The second-order valence-corrected chi connectivity index (χ2v) is 4.95. The predicted octanol–water partition coefficient (Wildman–Crippen LogP) is 2.50. The molecule has 1 heterocycles. The highest BCUT2D eigenvalue weighted by molar-refractivity contribution is 4.80. The van der Waals surface area contributed by atoms with E-state index in [1.165, 1.54) is 51.9 Å². The number of rotatable bonds is 6. The van der Waals surface area contributed by atoms with Gasteiger partial charge in [-0.1, -0.05) is 13.8 Å².